The number of imidazole rings is 1. The Bertz CT molecular complexity index is 1800. The molecule has 0 saturated carbocycles. The van der Waals surface area contributed by atoms with E-state index >= 15 is 0 Å². The molecule has 1 aliphatic heterocycles. The van der Waals surface area contributed by atoms with E-state index in [1.54, 1.807) is 23.0 Å². The van der Waals surface area contributed by atoms with Crippen molar-refractivity contribution in [1.29, 1.82) is 0 Å². The summed E-state index contributed by atoms with van der Waals surface area (Å²) in [6.07, 6.45) is 5.49. The number of benzene rings is 2. The fourth-order valence-corrected chi connectivity index (χ4v) is 7.29. The van der Waals surface area contributed by atoms with Crippen LogP contribution in [0.1, 0.15) is 52.2 Å². The molecule has 4 aromatic rings. The van der Waals surface area contributed by atoms with Crippen LogP contribution >= 0.6 is 7.75 Å². The predicted octanol–water partition coefficient (Wildman–Crippen LogP) is 4.36. The topological polar surface area (TPSA) is 188 Å². The molecule has 15 nitrogen and oxygen atoms in total. The van der Waals surface area contributed by atoms with Gasteiger partial charge in [-0.3, -0.25) is 4.79 Å². The van der Waals surface area contributed by atoms with Crippen LogP contribution in [0.2, 0.25) is 0 Å². The number of allylic oxidation sites excluding steroid dienone is 1. The summed E-state index contributed by atoms with van der Waals surface area (Å²) in [6, 6.07) is 11.6. The van der Waals surface area contributed by atoms with Crippen molar-refractivity contribution in [3.8, 4) is 11.6 Å². The maximum atomic E-state index is 14.5. The molecule has 3 unspecified atom stereocenters. The van der Waals surface area contributed by atoms with Crippen molar-refractivity contribution < 1.29 is 42.8 Å². The molecule has 0 fully saturated rings. The summed E-state index contributed by atoms with van der Waals surface area (Å²) in [7, 11) is -4.37. The van der Waals surface area contributed by atoms with Crippen molar-refractivity contribution in [2.75, 3.05) is 29.6 Å². The standard InChI is InChI=1S/C33H42N6O9P.Tl/c1-3-28-39-21-35-29-30(39)36-33(34)37-31(29)44-17-10-6-4-5-7-11-18-45-32(42)22(2)38-49(43,46-20-27(47-28)25(41)19-40)48-26-16-12-14-23-13-8-9-15-24(23)26;/h4,6,8-9,12-16,21-22,25,27-28,40-41H,3,5,7,10-11,17-20H2,1-2H3,(H2-,34,36,37,38,43);/q-1;+1/b6-4+;/t22-,25-,27?,28?,49?;/m0./s1. The van der Waals surface area contributed by atoms with E-state index in [9.17, 15) is 19.6 Å². The Balaban J connectivity index is 1.48. The average Bonchev–Trinajstić information content (AvgIpc) is 3.55. The third-order valence-electron chi connectivity index (χ3n) is 7.91. The number of ether oxygens (including phenoxy) is 3. The van der Waals surface area contributed by atoms with E-state index in [0.717, 1.165) is 18.2 Å². The van der Waals surface area contributed by atoms with Crippen LogP contribution in [0.15, 0.2) is 60.9 Å². The van der Waals surface area contributed by atoms with Gasteiger partial charge < -0.3 is 4.74 Å². The fourth-order valence-electron chi connectivity index (χ4n) is 5.26. The van der Waals surface area contributed by atoms with Gasteiger partial charge in [-0.25, -0.2) is 0 Å². The second kappa shape index (κ2) is 18.3. The van der Waals surface area contributed by atoms with Crippen molar-refractivity contribution in [3.05, 3.63) is 60.9 Å². The van der Waals surface area contributed by atoms with Crippen LogP contribution in [0.5, 0.6) is 11.6 Å². The number of carbonyl (C=O) groups excluding carboxylic acids is 1. The number of cyclic esters (lactones) is 1. The van der Waals surface area contributed by atoms with Crippen LogP contribution in [0.4, 0.5) is 5.95 Å². The van der Waals surface area contributed by atoms with Gasteiger partial charge in [0.1, 0.15) is 11.8 Å². The number of nitrogens with zero attached hydrogens (tertiary/aromatic N) is 4. The van der Waals surface area contributed by atoms with Gasteiger partial charge in [0.25, 0.3) is 0 Å². The molecule has 50 heavy (non-hydrogen) atoms. The summed E-state index contributed by atoms with van der Waals surface area (Å²) in [5.41, 5.74) is 0.876. The number of aliphatic hydroxyl groups excluding tert-OH is 2. The molecule has 266 valence electrons. The molecule has 0 radical (unpaired) electrons. The zero-order chi connectivity index (χ0) is 35.5. The van der Waals surface area contributed by atoms with Crippen molar-refractivity contribution in [3.63, 3.8) is 0 Å². The first-order chi connectivity index (χ1) is 24.2. The first kappa shape index (κ1) is 38.1. The molecule has 4 bridgehead atoms. The van der Waals surface area contributed by atoms with Gasteiger partial charge in [0.15, 0.2) is 0 Å². The van der Waals surface area contributed by atoms with Crippen LogP contribution < -0.4 is 17.5 Å². The minimum atomic E-state index is -4.37. The van der Waals surface area contributed by atoms with Crippen LogP contribution in [0, 0.1) is 0 Å². The number of esters is 1. The van der Waals surface area contributed by atoms with Gasteiger partial charge in [0.05, 0.1) is 6.61 Å². The van der Waals surface area contributed by atoms with E-state index < -0.39 is 51.4 Å². The van der Waals surface area contributed by atoms with Crippen molar-refractivity contribution >= 4 is 67.7 Å². The van der Waals surface area contributed by atoms with E-state index in [2.05, 4.69) is 29.2 Å². The van der Waals surface area contributed by atoms with Crippen LogP contribution in [-0.4, -0.2) is 106 Å². The molecule has 3 heterocycles. The summed E-state index contributed by atoms with van der Waals surface area (Å²) in [4.78, 5) is 26.6. The molecule has 0 spiro atoms. The Hall–Kier alpha value is -3.19. The van der Waals surface area contributed by atoms with Crippen molar-refractivity contribution in [2.24, 2.45) is 0 Å². The SMILES string of the molecule is CCC1OC([C@@H](O)CO)COP(=O)(Oc2cccc3ccccc23)N[C@@H](C)C(=O)OCCCC/C=C/CCOc2nc([NH][Tl])nc3c2ncn31. The van der Waals surface area contributed by atoms with Crippen LogP contribution in [0.25, 0.3) is 21.9 Å². The second-order valence-corrected chi connectivity index (χ2v) is 14.4. The van der Waals surface area contributed by atoms with Gasteiger partial charge in [0.2, 0.25) is 0 Å². The Morgan fingerprint density at radius 1 is 1.12 bits per heavy atom. The van der Waals surface area contributed by atoms with Gasteiger partial charge in [-0.2, -0.15) is 0 Å². The zero-order valence-corrected chi connectivity index (χ0v) is 33.4. The van der Waals surface area contributed by atoms with Gasteiger partial charge in [-0.1, -0.05) is 36.4 Å². The molecular weight excluding hydrogens is 860 g/mol. The van der Waals surface area contributed by atoms with Crippen LogP contribution in [-0.2, 0) is 23.4 Å². The zero-order valence-electron chi connectivity index (χ0n) is 28.0. The number of hydrogen-bond acceptors (Lipinski definition) is 13. The van der Waals surface area contributed by atoms with Gasteiger partial charge in [-0.05, 0) is 18.4 Å². The molecule has 5 rings (SSSR count). The fraction of sp³-hybridized carbons (Fsp3) is 0.455. The maximum absolute atomic E-state index is 14.5. The van der Waals surface area contributed by atoms with E-state index in [1.807, 2.05) is 43.3 Å². The van der Waals surface area contributed by atoms with Crippen LogP contribution in [0.3, 0.4) is 0 Å². The number of aliphatic hydroxyl groups is 2. The number of hydrogen-bond donors (Lipinski definition) is 4. The molecule has 17 heteroatoms. The Morgan fingerprint density at radius 2 is 1.92 bits per heavy atom. The van der Waals surface area contributed by atoms with Gasteiger partial charge in [-0.15, -0.1) is 0 Å². The quantitative estimate of drug-likeness (QED) is 0.0926. The third kappa shape index (κ3) is 9.77. The average molecular weight is 902 g/mol. The first-order valence-electron chi connectivity index (χ1n) is 16.5. The van der Waals surface area contributed by atoms with E-state index in [-0.39, 0.29) is 12.4 Å². The summed E-state index contributed by atoms with van der Waals surface area (Å²) >= 11 is 0.365. The molecule has 0 aliphatic carbocycles. The summed E-state index contributed by atoms with van der Waals surface area (Å²) < 4.78 is 49.1. The van der Waals surface area contributed by atoms with E-state index in [4.69, 9.17) is 23.3 Å². The second-order valence-electron chi connectivity index (χ2n) is 11.6. The Kier molecular flexibility index (Phi) is 14.0. The monoisotopic (exact) mass is 902 g/mol. The van der Waals surface area contributed by atoms with Gasteiger partial charge >= 0.3 is 220 Å². The normalized spacial score (nSPS) is 24.6. The molecule has 0 amide bonds. The van der Waals surface area contributed by atoms with Crippen molar-refractivity contribution in [1.82, 2.24) is 24.6 Å². The summed E-state index contributed by atoms with van der Waals surface area (Å²) in [6.45, 7) is 2.76. The molecular formula is C33H42N6O9PTl. The number of rotatable bonds is 6. The number of fused-ring (bicyclic) bond motifs is 1. The van der Waals surface area contributed by atoms with Crippen molar-refractivity contribution in [2.45, 2.75) is 70.4 Å². The Labute approximate surface area is 306 Å². The number of nitrogens with one attached hydrogen (secondary N) is 2. The molecule has 1 aliphatic rings. The summed E-state index contributed by atoms with van der Waals surface area (Å²) in [5.74, 6) is 0.325. The third-order valence-corrected chi connectivity index (χ3v) is 10.5. The minimum absolute atomic E-state index is 0.182. The van der Waals surface area contributed by atoms with E-state index in [0.29, 0.717) is 80.3 Å². The summed E-state index contributed by atoms with van der Waals surface area (Å²) in [5, 5.41) is 25.1. The predicted molar refractivity (Wildman–Crippen MR) is 187 cm³/mol. The Morgan fingerprint density at radius 3 is 2.72 bits per heavy atom. The number of aromatic nitrogens is 4. The number of carbonyl (C=O) groups is 1. The first-order valence-corrected chi connectivity index (χ1v) is 20.3. The molecule has 2 aromatic carbocycles. The van der Waals surface area contributed by atoms with E-state index in [1.165, 1.54) is 6.92 Å². The molecule has 5 atom stereocenters. The number of anilines is 1. The van der Waals surface area contributed by atoms with Gasteiger partial charge in [0, 0.05) is 5.39 Å². The molecule has 2 aromatic heterocycles. The molecule has 0 saturated heterocycles. The molecule has 4 N–H and O–H groups in total.